The number of phenols is 2. The molecule has 0 spiro atoms. The summed E-state index contributed by atoms with van der Waals surface area (Å²) in [5.74, 6) is 5.29. The summed E-state index contributed by atoms with van der Waals surface area (Å²) in [6.07, 6.45) is 0. The van der Waals surface area contributed by atoms with Crippen molar-refractivity contribution < 1.29 is 10.2 Å². The van der Waals surface area contributed by atoms with Crippen LogP contribution < -0.4 is 0 Å². The third-order valence-corrected chi connectivity index (χ3v) is 2.45. The van der Waals surface area contributed by atoms with Crippen LogP contribution in [-0.2, 0) is 0 Å². The monoisotopic (exact) mass is 244 g/mol. The van der Waals surface area contributed by atoms with Crippen molar-refractivity contribution in [1.29, 1.82) is 0 Å². The maximum Gasteiger partial charge on any atom is 0.173 e. The topological polar surface area (TPSA) is 40.5 Å². The Morgan fingerprint density at radius 1 is 0.882 bits per heavy atom. The molecule has 0 saturated heterocycles. The van der Waals surface area contributed by atoms with Crippen LogP contribution in [0.1, 0.15) is 11.1 Å². The van der Waals surface area contributed by atoms with Crippen molar-refractivity contribution in [3.8, 4) is 23.3 Å². The third kappa shape index (κ3) is 2.72. The predicted molar refractivity (Wildman–Crippen MR) is 67.2 cm³/mol. The summed E-state index contributed by atoms with van der Waals surface area (Å²) in [4.78, 5) is 0. The second-order valence-electron chi connectivity index (χ2n) is 3.43. The standard InChI is InChI=1S/C14H9ClO2/c15-12-8-5-10(6-9-12)4-7-11-2-1-3-13(16)14(11)17/h1-3,5-6,8-9,16-17H. The van der Waals surface area contributed by atoms with Gasteiger partial charge in [-0.3, -0.25) is 0 Å². The fraction of sp³-hybridized carbons (Fsp3) is 0. The molecule has 3 heteroatoms. The highest BCUT2D eigenvalue weighted by molar-refractivity contribution is 6.30. The van der Waals surface area contributed by atoms with Crippen molar-refractivity contribution >= 4 is 11.6 Å². The summed E-state index contributed by atoms with van der Waals surface area (Å²) < 4.78 is 0. The molecule has 2 rings (SSSR count). The molecule has 0 aliphatic heterocycles. The molecule has 0 radical (unpaired) electrons. The first kappa shape index (κ1) is 11.4. The molecule has 17 heavy (non-hydrogen) atoms. The van der Waals surface area contributed by atoms with Gasteiger partial charge in [0.1, 0.15) is 0 Å². The van der Waals surface area contributed by atoms with E-state index in [1.165, 1.54) is 6.07 Å². The molecule has 0 aromatic heterocycles. The molecule has 2 aromatic carbocycles. The van der Waals surface area contributed by atoms with E-state index in [1.807, 2.05) is 0 Å². The zero-order valence-corrected chi connectivity index (χ0v) is 9.57. The quantitative estimate of drug-likeness (QED) is 0.552. The number of aromatic hydroxyl groups is 2. The Morgan fingerprint density at radius 2 is 1.59 bits per heavy atom. The summed E-state index contributed by atoms with van der Waals surface area (Å²) in [6.45, 7) is 0. The van der Waals surface area contributed by atoms with E-state index in [2.05, 4.69) is 11.8 Å². The maximum absolute atomic E-state index is 9.55. The van der Waals surface area contributed by atoms with Crippen LogP contribution >= 0.6 is 11.6 Å². The fourth-order valence-corrected chi connectivity index (χ4v) is 1.43. The highest BCUT2D eigenvalue weighted by atomic mass is 35.5. The zero-order valence-electron chi connectivity index (χ0n) is 8.81. The van der Waals surface area contributed by atoms with E-state index in [1.54, 1.807) is 36.4 Å². The summed E-state index contributed by atoms with van der Waals surface area (Å²) >= 11 is 5.75. The number of para-hydroxylation sites is 1. The van der Waals surface area contributed by atoms with E-state index in [-0.39, 0.29) is 11.5 Å². The second-order valence-corrected chi connectivity index (χ2v) is 3.87. The number of rotatable bonds is 0. The molecule has 0 aliphatic carbocycles. The summed E-state index contributed by atoms with van der Waals surface area (Å²) in [6, 6.07) is 11.7. The van der Waals surface area contributed by atoms with Crippen LogP contribution in [0.2, 0.25) is 5.02 Å². The van der Waals surface area contributed by atoms with Gasteiger partial charge in [-0.05, 0) is 36.4 Å². The number of hydrogen-bond acceptors (Lipinski definition) is 2. The molecule has 0 saturated carbocycles. The molecule has 0 bridgehead atoms. The average molecular weight is 245 g/mol. The second kappa shape index (κ2) is 4.82. The van der Waals surface area contributed by atoms with E-state index in [4.69, 9.17) is 11.6 Å². The molecule has 2 nitrogen and oxygen atoms in total. The van der Waals surface area contributed by atoms with Crippen molar-refractivity contribution in [1.82, 2.24) is 0 Å². The van der Waals surface area contributed by atoms with E-state index in [0.717, 1.165) is 5.56 Å². The summed E-state index contributed by atoms with van der Waals surface area (Å²) in [5, 5.41) is 19.5. The fourth-order valence-electron chi connectivity index (χ4n) is 1.30. The van der Waals surface area contributed by atoms with Gasteiger partial charge >= 0.3 is 0 Å². The van der Waals surface area contributed by atoms with E-state index in [9.17, 15) is 10.2 Å². The van der Waals surface area contributed by atoms with Gasteiger partial charge in [0.2, 0.25) is 0 Å². The van der Waals surface area contributed by atoms with Crippen LogP contribution in [0.3, 0.4) is 0 Å². The van der Waals surface area contributed by atoms with Gasteiger partial charge in [0.25, 0.3) is 0 Å². The maximum atomic E-state index is 9.55. The molecule has 2 N–H and O–H groups in total. The average Bonchev–Trinajstić information content (AvgIpc) is 2.33. The molecule has 0 unspecified atom stereocenters. The molecule has 0 heterocycles. The SMILES string of the molecule is Oc1cccc(C#Cc2ccc(Cl)cc2)c1O. The third-order valence-electron chi connectivity index (χ3n) is 2.20. The summed E-state index contributed by atoms with van der Waals surface area (Å²) in [7, 11) is 0. The Kier molecular flexibility index (Phi) is 3.22. The van der Waals surface area contributed by atoms with Gasteiger partial charge in [-0.25, -0.2) is 0 Å². The molecule has 2 aromatic rings. The van der Waals surface area contributed by atoms with E-state index in [0.29, 0.717) is 10.6 Å². The molecule has 0 fully saturated rings. The minimum absolute atomic E-state index is 0.173. The lowest BCUT2D eigenvalue weighted by molar-refractivity contribution is 0.403. The Morgan fingerprint density at radius 3 is 2.29 bits per heavy atom. The lowest BCUT2D eigenvalue weighted by Gasteiger charge is -1.98. The number of benzene rings is 2. The molecule has 0 atom stereocenters. The first-order valence-corrected chi connectivity index (χ1v) is 5.33. The Labute approximate surface area is 104 Å². The van der Waals surface area contributed by atoms with Crippen molar-refractivity contribution in [3.05, 3.63) is 58.6 Å². The van der Waals surface area contributed by atoms with Gasteiger partial charge in [-0.1, -0.05) is 29.5 Å². The van der Waals surface area contributed by atoms with Gasteiger partial charge in [0.15, 0.2) is 11.5 Å². The van der Waals surface area contributed by atoms with Gasteiger partial charge in [0, 0.05) is 10.6 Å². The van der Waals surface area contributed by atoms with Crippen LogP contribution in [-0.4, -0.2) is 10.2 Å². The highest BCUT2D eigenvalue weighted by Crippen LogP contribution is 2.27. The molecule has 0 amide bonds. The van der Waals surface area contributed by atoms with E-state index < -0.39 is 0 Å². The summed E-state index contributed by atoms with van der Waals surface area (Å²) in [5.41, 5.74) is 1.18. The zero-order chi connectivity index (χ0) is 12.3. The molecular formula is C14H9ClO2. The van der Waals surface area contributed by atoms with Crippen LogP contribution in [0.4, 0.5) is 0 Å². The normalized spacial score (nSPS) is 9.47. The molecular weight excluding hydrogens is 236 g/mol. The van der Waals surface area contributed by atoms with Crippen molar-refractivity contribution in [2.45, 2.75) is 0 Å². The minimum Gasteiger partial charge on any atom is -0.504 e. The predicted octanol–water partition coefficient (Wildman–Crippen LogP) is 3.15. The number of hydrogen-bond donors (Lipinski definition) is 2. The van der Waals surface area contributed by atoms with Crippen molar-refractivity contribution in [3.63, 3.8) is 0 Å². The Balaban J connectivity index is 2.33. The highest BCUT2D eigenvalue weighted by Gasteiger charge is 2.01. The Bertz CT molecular complexity index is 592. The van der Waals surface area contributed by atoms with Gasteiger partial charge < -0.3 is 10.2 Å². The molecule has 84 valence electrons. The van der Waals surface area contributed by atoms with Gasteiger partial charge in [0.05, 0.1) is 5.56 Å². The van der Waals surface area contributed by atoms with Crippen molar-refractivity contribution in [2.24, 2.45) is 0 Å². The minimum atomic E-state index is -0.200. The first-order chi connectivity index (χ1) is 8.16. The van der Waals surface area contributed by atoms with Crippen molar-refractivity contribution in [2.75, 3.05) is 0 Å². The van der Waals surface area contributed by atoms with Crippen LogP contribution in [0.25, 0.3) is 0 Å². The number of halogens is 1. The van der Waals surface area contributed by atoms with Gasteiger partial charge in [-0.2, -0.15) is 0 Å². The largest absolute Gasteiger partial charge is 0.504 e. The van der Waals surface area contributed by atoms with Gasteiger partial charge in [-0.15, -0.1) is 0 Å². The Hall–Kier alpha value is -2.11. The van der Waals surface area contributed by atoms with Crippen LogP contribution in [0.15, 0.2) is 42.5 Å². The smallest absolute Gasteiger partial charge is 0.173 e. The van der Waals surface area contributed by atoms with Crippen LogP contribution in [0.5, 0.6) is 11.5 Å². The van der Waals surface area contributed by atoms with Crippen LogP contribution in [0, 0.1) is 11.8 Å². The lowest BCUT2D eigenvalue weighted by atomic mass is 10.1. The lowest BCUT2D eigenvalue weighted by Crippen LogP contribution is -1.78. The van der Waals surface area contributed by atoms with E-state index >= 15 is 0 Å². The first-order valence-electron chi connectivity index (χ1n) is 4.95. The number of phenolic OH excluding ortho intramolecular Hbond substituents is 2. The molecule has 0 aliphatic rings.